The zero-order valence-corrected chi connectivity index (χ0v) is 10.2. The van der Waals surface area contributed by atoms with E-state index in [9.17, 15) is 18.0 Å². The van der Waals surface area contributed by atoms with Gasteiger partial charge in [0.05, 0.1) is 12.2 Å². The highest BCUT2D eigenvalue weighted by atomic mass is 19.4. The van der Waals surface area contributed by atoms with Crippen LogP contribution in [0.5, 0.6) is 0 Å². The van der Waals surface area contributed by atoms with Gasteiger partial charge in [0.1, 0.15) is 0 Å². The quantitative estimate of drug-likeness (QED) is 0.890. The van der Waals surface area contributed by atoms with Gasteiger partial charge in [-0.1, -0.05) is 0 Å². The Labute approximate surface area is 102 Å². The molecule has 18 heavy (non-hydrogen) atoms. The Bertz CT molecular complexity index is 428. The molecule has 1 heterocycles. The fourth-order valence-electron chi connectivity index (χ4n) is 1.46. The molecular weight excluding hydrogens is 251 g/mol. The summed E-state index contributed by atoms with van der Waals surface area (Å²) in [7, 11) is 2.76. The minimum Gasteiger partial charge on any atom is -0.383 e. The number of alkyl halides is 3. The SMILES string of the molecule is COCC(C)NC(=O)c1cn(C)nc1C(F)(F)F. The zero-order chi connectivity index (χ0) is 13.9. The summed E-state index contributed by atoms with van der Waals surface area (Å²) in [6.45, 7) is 1.85. The molecule has 0 saturated carbocycles. The van der Waals surface area contributed by atoms with Crippen LogP contribution in [0.25, 0.3) is 0 Å². The number of aryl methyl sites for hydroxylation is 1. The first kappa shape index (κ1) is 14.5. The molecule has 1 aromatic rings. The van der Waals surface area contributed by atoms with E-state index in [0.29, 0.717) is 0 Å². The lowest BCUT2D eigenvalue weighted by Crippen LogP contribution is -2.36. The van der Waals surface area contributed by atoms with Crippen LogP contribution < -0.4 is 5.32 Å². The van der Waals surface area contributed by atoms with Crippen LogP contribution in [0, 0.1) is 0 Å². The fourth-order valence-corrected chi connectivity index (χ4v) is 1.46. The summed E-state index contributed by atoms with van der Waals surface area (Å²) >= 11 is 0. The number of rotatable bonds is 4. The maximum atomic E-state index is 12.6. The average Bonchev–Trinajstić information content (AvgIpc) is 2.60. The van der Waals surface area contributed by atoms with Gasteiger partial charge in [0.2, 0.25) is 0 Å². The number of nitrogens with one attached hydrogen (secondary N) is 1. The van der Waals surface area contributed by atoms with Crippen molar-refractivity contribution in [3.63, 3.8) is 0 Å². The molecule has 0 aliphatic rings. The Morgan fingerprint density at radius 1 is 1.61 bits per heavy atom. The Morgan fingerprint density at radius 2 is 2.22 bits per heavy atom. The number of halogens is 3. The largest absolute Gasteiger partial charge is 0.435 e. The van der Waals surface area contributed by atoms with E-state index < -0.39 is 23.3 Å². The Balaban J connectivity index is 2.92. The first-order valence-electron chi connectivity index (χ1n) is 5.16. The lowest BCUT2D eigenvalue weighted by molar-refractivity contribution is -0.141. The van der Waals surface area contributed by atoms with E-state index in [4.69, 9.17) is 4.74 Å². The molecule has 0 bridgehead atoms. The summed E-state index contributed by atoms with van der Waals surface area (Å²) in [6, 6.07) is -0.385. The van der Waals surface area contributed by atoms with Crippen molar-refractivity contribution >= 4 is 5.91 Å². The lowest BCUT2D eigenvalue weighted by Gasteiger charge is -2.13. The maximum Gasteiger partial charge on any atom is 0.435 e. The predicted molar refractivity (Wildman–Crippen MR) is 57.0 cm³/mol. The van der Waals surface area contributed by atoms with Gasteiger partial charge >= 0.3 is 6.18 Å². The molecule has 1 N–H and O–H groups in total. The highest BCUT2D eigenvalue weighted by Crippen LogP contribution is 2.30. The van der Waals surface area contributed by atoms with E-state index in [0.717, 1.165) is 10.9 Å². The van der Waals surface area contributed by atoms with Crippen LogP contribution in [0.15, 0.2) is 6.20 Å². The van der Waals surface area contributed by atoms with E-state index in [1.807, 2.05) is 0 Å². The smallest absolute Gasteiger partial charge is 0.383 e. The summed E-state index contributed by atoms with van der Waals surface area (Å²) < 4.78 is 43.6. The standard InChI is InChI=1S/C10H14F3N3O2/c1-6(5-18-3)14-9(17)7-4-16(2)15-8(7)10(11,12)13/h4,6H,5H2,1-3H3,(H,14,17). The summed E-state index contributed by atoms with van der Waals surface area (Å²) in [5, 5.41) is 5.66. The van der Waals surface area contributed by atoms with Crippen molar-refractivity contribution in [2.45, 2.75) is 19.1 Å². The van der Waals surface area contributed by atoms with Crippen molar-refractivity contribution in [3.05, 3.63) is 17.5 Å². The Hall–Kier alpha value is -1.57. The molecule has 1 aromatic heterocycles. The monoisotopic (exact) mass is 265 g/mol. The topological polar surface area (TPSA) is 56.1 Å². The van der Waals surface area contributed by atoms with Crippen LogP contribution in [0.4, 0.5) is 13.2 Å². The van der Waals surface area contributed by atoms with Crippen LogP contribution in [-0.2, 0) is 18.0 Å². The predicted octanol–water partition coefficient (Wildman–Crippen LogP) is 1.20. The molecule has 0 saturated heterocycles. The minimum atomic E-state index is -4.65. The van der Waals surface area contributed by atoms with E-state index >= 15 is 0 Å². The second-order valence-corrected chi connectivity index (χ2v) is 3.89. The van der Waals surface area contributed by atoms with Crippen LogP contribution in [0.1, 0.15) is 23.0 Å². The van der Waals surface area contributed by atoms with Gasteiger partial charge in [-0.3, -0.25) is 9.48 Å². The molecule has 0 fully saturated rings. The van der Waals surface area contributed by atoms with Crippen molar-refractivity contribution in [2.75, 3.05) is 13.7 Å². The van der Waals surface area contributed by atoms with Gasteiger partial charge < -0.3 is 10.1 Å². The molecule has 102 valence electrons. The molecule has 0 radical (unpaired) electrons. The molecule has 1 rings (SSSR count). The second-order valence-electron chi connectivity index (χ2n) is 3.89. The van der Waals surface area contributed by atoms with E-state index in [2.05, 4.69) is 10.4 Å². The number of carbonyl (C=O) groups is 1. The van der Waals surface area contributed by atoms with Crippen molar-refractivity contribution in [3.8, 4) is 0 Å². The van der Waals surface area contributed by atoms with Crippen molar-refractivity contribution in [1.29, 1.82) is 0 Å². The zero-order valence-electron chi connectivity index (χ0n) is 10.2. The molecule has 0 aliphatic heterocycles. The van der Waals surface area contributed by atoms with E-state index in [1.54, 1.807) is 6.92 Å². The van der Waals surface area contributed by atoms with Gasteiger partial charge in [0.25, 0.3) is 5.91 Å². The van der Waals surface area contributed by atoms with Crippen LogP contribution in [-0.4, -0.2) is 35.4 Å². The highest BCUT2D eigenvalue weighted by molar-refractivity contribution is 5.95. The normalized spacial score (nSPS) is 13.4. The lowest BCUT2D eigenvalue weighted by atomic mass is 10.2. The van der Waals surface area contributed by atoms with Crippen LogP contribution >= 0.6 is 0 Å². The molecule has 1 atom stereocenters. The molecule has 5 nitrogen and oxygen atoms in total. The third-order valence-corrected chi connectivity index (χ3v) is 2.14. The van der Waals surface area contributed by atoms with Gasteiger partial charge in [-0.25, -0.2) is 0 Å². The number of carbonyl (C=O) groups excluding carboxylic acids is 1. The van der Waals surface area contributed by atoms with Gasteiger partial charge in [-0.2, -0.15) is 18.3 Å². The number of aromatic nitrogens is 2. The highest BCUT2D eigenvalue weighted by Gasteiger charge is 2.39. The molecule has 1 amide bonds. The van der Waals surface area contributed by atoms with Gasteiger partial charge in [-0.15, -0.1) is 0 Å². The first-order valence-corrected chi connectivity index (χ1v) is 5.16. The van der Waals surface area contributed by atoms with Gasteiger partial charge in [0, 0.05) is 26.4 Å². The maximum absolute atomic E-state index is 12.6. The molecule has 0 aliphatic carbocycles. The second kappa shape index (κ2) is 5.38. The van der Waals surface area contributed by atoms with Crippen LogP contribution in [0.2, 0.25) is 0 Å². The van der Waals surface area contributed by atoms with Crippen molar-refractivity contribution in [1.82, 2.24) is 15.1 Å². The average molecular weight is 265 g/mol. The van der Waals surface area contributed by atoms with Crippen molar-refractivity contribution < 1.29 is 22.7 Å². The summed E-state index contributed by atoms with van der Waals surface area (Å²) in [5.74, 6) is -0.819. The van der Waals surface area contributed by atoms with E-state index in [-0.39, 0.29) is 12.6 Å². The third kappa shape index (κ3) is 3.46. The molecule has 0 spiro atoms. The number of hydrogen-bond donors (Lipinski definition) is 1. The van der Waals surface area contributed by atoms with Gasteiger partial charge in [-0.05, 0) is 6.92 Å². The molecule has 8 heteroatoms. The minimum absolute atomic E-state index is 0.216. The number of amides is 1. The Kier molecular flexibility index (Phi) is 4.33. The van der Waals surface area contributed by atoms with Crippen LogP contribution in [0.3, 0.4) is 0 Å². The summed E-state index contributed by atoms with van der Waals surface area (Å²) in [6.07, 6.45) is -3.61. The third-order valence-electron chi connectivity index (χ3n) is 2.14. The molecule has 1 unspecified atom stereocenters. The number of hydrogen-bond acceptors (Lipinski definition) is 3. The number of methoxy groups -OCH3 is 1. The number of ether oxygens (including phenoxy) is 1. The fraction of sp³-hybridized carbons (Fsp3) is 0.600. The molecular formula is C10H14F3N3O2. The van der Waals surface area contributed by atoms with E-state index in [1.165, 1.54) is 14.2 Å². The molecule has 0 aromatic carbocycles. The first-order chi connectivity index (χ1) is 8.25. The summed E-state index contributed by atoms with van der Waals surface area (Å²) in [4.78, 5) is 11.7. The number of nitrogens with zero attached hydrogens (tertiary/aromatic N) is 2. The van der Waals surface area contributed by atoms with Crippen molar-refractivity contribution in [2.24, 2.45) is 7.05 Å². The summed E-state index contributed by atoms with van der Waals surface area (Å²) in [5.41, 5.74) is -1.68. The Morgan fingerprint density at radius 3 is 2.72 bits per heavy atom. The van der Waals surface area contributed by atoms with Gasteiger partial charge in [0.15, 0.2) is 5.69 Å².